The molecule has 5 heteroatoms. The fourth-order valence-corrected chi connectivity index (χ4v) is 1.88. The minimum absolute atomic E-state index is 0.211. The molecule has 0 aromatic heterocycles. The summed E-state index contributed by atoms with van der Waals surface area (Å²) < 4.78 is 5.20. The Kier molecular flexibility index (Phi) is 4.90. The molecule has 0 aliphatic heterocycles. The van der Waals surface area contributed by atoms with Crippen molar-refractivity contribution in [1.29, 1.82) is 0 Å². The fraction of sp³-hybridized carbons (Fsp3) is 0.692. The second-order valence-corrected chi connectivity index (χ2v) is 5.18. The van der Waals surface area contributed by atoms with Crippen molar-refractivity contribution in [2.75, 3.05) is 13.7 Å². The number of methoxy groups -OCH3 is 1. The van der Waals surface area contributed by atoms with Crippen molar-refractivity contribution in [2.24, 2.45) is 11.8 Å². The van der Waals surface area contributed by atoms with Gasteiger partial charge in [0.1, 0.15) is 0 Å². The molecule has 0 saturated carbocycles. The SMILES string of the molecule is COC(C)(C)CNC(=O)[C@@H]1CC=CC[C@@H]1C(=O)O. The summed E-state index contributed by atoms with van der Waals surface area (Å²) in [7, 11) is 1.58. The van der Waals surface area contributed by atoms with Crippen LogP contribution in [0.15, 0.2) is 12.2 Å². The van der Waals surface area contributed by atoms with Gasteiger partial charge in [0.25, 0.3) is 0 Å². The number of carbonyl (C=O) groups is 2. The molecule has 18 heavy (non-hydrogen) atoms. The number of hydrogen-bond acceptors (Lipinski definition) is 3. The molecule has 0 saturated heterocycles. The topological polar surface area (TPSA) is 75.6 Å². The maximum Gasteiger partial charge on any atom is 0.307 e. The van der Waals surface area contributed by atoms with Crippen LogP contribution in [0.5, 0.6) is 0 Å². The van der Waals surface area contributed by atoms with E-state index in [9.17, 15) is 9.59 Å². The van der Waals surface area contributed by atoms with Gasteiger partial charge in [-0.3, -0.25) is 9.59 Å². The van der Waals surface area contributed by atoms with Gasteiger partial charge < -0.3 is 15.2 Å². The average molecular weight is 255 g/mol. The highest BCUT2D eigenvalue weighted by atomic mass is 16.5. The van der Waals surface area contributed by atoms with Gasteiger partial charge >= 0.3 is 5.97 Å². The van der Waals surface area contributed by atoms with Gasteiger partial charge in [-0.1, -0.05) is 12.2 Å². The quantitative estimate of drug-likeness (QED) is 0.724. The lowest BCUT2D eigenvalue weighted by atomic mass is 9.82. The van der Waals surface area contributed by atoms with E-state index < -0.39 is 23.4 Å². The Hall–Kier alpha value is -1.36. The van der Waals surface area contributed by atoms with Crippen LogP contribution < -0.4 is 5.32 Å². The third-order valence-corrected chi connectivity index (χ3v) is 3.33. The summed E-state index contributed by atoms with van der Waals surface area (Å²) in [6.45, 7) is 4.10. The summed E-state index contributed by atoms with van der Waals surface area (Å²) in [5.41, 5.74) is -0.446. The predicted octanol–water partition coefficient (Wildman–Crippen LogP) is 1.19. The second-order valence-electron chi connectivity index (χ2n) is 5.18. The Morgan fingerprint density at radius 3 is 2.39 bits per heavy atom. The summed E-state index contributed by atoms with van der Waals surface area (Å²) in [4.78, 5) is 23.1. The number of aliphatic carboxylic acids is 1. The zero-order valence-corrected chi connectivity index (χ0v) is 11.1. The molecule has 0 radical (unpaired) electrons. The maximum absolute atomic E-state index is 12.0. The number of rotatable bonds is 5. The number of carboxylic acid groups (broad SMARTS) is 1. The van der Waals surface area contributed by atoms with Gasteiger partial charge in [-0.2, -0.15) is 0 Å². The molecule has 0 fully saturated rings. The van der Waals surface area contributed by atoms with E-state index in [4.69, 9.17) is 9.84 Å². The molecule has 0 unspecified atom stereocenters. The van der Waals surface area contributed by atoms with Crippen molar-refractivity contribution in [1.82, 2.24) is 5.32 Å². The average Bonchev–Trinajstić information content (AvgIpc) is 2.36. The molecule has 0 bridgehead atoms. The fourth-order valence-electron chi connectivity index (χ4n) is 1.88. The number of ether oxygens (including phenoxy) is 1. The van der Waals surface area contributed by atoms with Crippen LogP contribution in [0.2, 0.25) is 0 Å². The van der Waals surface area contributed by atoms with Crippen molar-refractivity contribution < 1.29 is 19.4 Å². The van der Waals surface area contributed by atoms with E-state index in [-0.39, 0.29) is 5.91 Å². The highest BCUT2D eigenvalue weighted by Crippen LogP contribution is 2.26. The van der Waals surface area contributed by atoms with Gasteiger partial charge in [0.15, 0.2) is 0 Å². The van der Waals surface area contributed by atoms with Gasteiger partial charge in [-0.15, -0.1) is 0 Å². The number of carboxylic acids is 1. The molecule has 2 atom stereocenters. The summed E-state index contributed by atoms with van der Waals surface area (Å²) >= 11 is 0. The van der Waals surface area contributed by atoms with Gasteiger partial charge in [0, 0.05) is 13.7 Å². The van der Waals surface area contributed by atoms with Crippen LogP contribution in [0.4, 0.5) is 0 Å². The van der Waals surface area contributed by atoms with Crippen LogP contribution in [0.3, 0.4) is 0 Å². The number of nitrogens with one attached hydrogen (secondary N) is 1. The molecular formula is C13H21NO4. The van der Waals surface area contributed by atoms with Crippen molar-refractivity contribution in [2.45, 2.75) is 32.3 Å². The molecule has 2 N–H and O–H groups in total. The molecule has 1 rings (SSSR count). The van der Waals surface area contributed by atoms with E-state index in [1.807, 2.05) is 26.0 Å². The monoisotopic (exact) mass is 255 g/mol. The van der Waals surface area contributed by atoms with Crippen LogP contribution in [-0.4, -0.2) is 36.2 Å². The van der Waals surface area contributed by atoms with E-state index in [0.717, 1.165) is 0 Å². The number of carbonyl (C=O) groups excluding carboxylic acids is 1. The van der Waals surface area contributed by atoms with Crippen LogP contribution in [0, 0.1) is 11.8 Å². The molecule has 0 heterocycles. The third-order valence-electron chi connectivity index (χ3n) is 3.33. The molecule has 5 nitrogen and oxygen atoms in total. The molecule has 0 aromatic carbocycles. The molecule has 1 aliphatic rings. The van der Waals surface area contributed by atoms with Gasteiger partial charge in [-0.25, -0.2) is 0 Å². The summed E-state index contributed by atoms with van der Waals surface area (Å²) in [5.74, 6) is -2.23. The van der Waals surface area contributed by atoms with E-state index in [0.29, 0.717) is 19.4 Å². The number of allylic oxidation sites excluding steroid dienone is 2. The van der Waals surface area contributed by atoms with Gasteiger partial charge in [0.2, 0.25) is 5.91 Å². The van der Waals surface area contributed by atoms with E-state index in [2.05, 4.69) is 5.32 Å². The summed E-state index contributed by atoms with van der Waals surface area (Å²) in [6.07, 6.45) is 4.59. The molecule has 0 aromatic rings. The summed E-state index contributed by atoms with van der Waals surface area (Å²) in [5, 5.41) is 11.9. The Labute approximate surface area is 107 Å². The maximum atomic E-state index is 12.0. The Morgan fingerprint density at radius 2 is 1.89 bits per heavy atom. The Morgan fingerprint density at radius 1 is 1.33 bits per heavy atom. The third kappa shape index (κ3) is 3.84. The van der Waals surface area contributed by atoms with Crippen molar-refractivity contribution in [3.8, 4) is 0 Å². The van der Waals surface area contributed by atoms with Crippen molar-refractivity contribution in [3.63, 3.8) is 0 Å². The van der Waals surface area contributed by atoms with E-state index >= 15 is 0 Å². The highest BCUT2D eigenvalue weighted by molar-refractivity contribution is 5.85. The lowest BCUT2D eigenvalue weighted by Gasteiger charge is -2.27. The molecule has 0 spiro atoms. The lowest BCUT2D eigenvalue weighted by molar-refractivity contribution is -0.147. The number of amides is 1. The predicted molar refractivity (Wildman–Crippen MR) is 67.1 cm³/mol. The minimum atomic E-state index is -0.912. The first kappa shape index (κ1) is 14.7. The summed E-state index contributed by atoms with van der Waals surface area (Å²) in [6, 6.07) is 0. The van der Waals surface area contributed by atoms with E-state index in [1.165, 1.54) is 0 Å². The molecule has 102 valence electrons. The van der Waals surface area contributed by atoms with Crippen molar-refractivity contribution >= 4 is 11.9 Å². The zero-order chi connectivity index (χ0) is 13.8. The van der Waals surface area contributed by atoms with Gasteiger partial charge in [0.05, 0.1) is 17.4 Å². The van der Waals surface area contributed by atoms with E-state index in [1.54, 1.807) is 7.11 Å². The van der Waals surface area contributed by atoms with Crippen LogP contribution in [-0.2, 0) is 14.3 Å². The molecular weight excluding hydrogens is 234 g/mol. The minimum Gasteiger partial charge on any atom is -0.481 e. The number of hydrogen-bond donors (Lipinski definition) is 2. The lowest BCUT2D eigenvalue weighted by Crippen LogP contribution is -2.45. The Balaban J connectivity index is 2.60. The van der Waals surface area contributed by atoms with Crippen LogP contribution in [0.25, 0.3) is 0 Å². The van der Waals surface area contributed by atoms with Crippen molar-refractivity contribution in [3.05, 3.63) is 12.2 Å². The zero-order valence-electron chi connectivity index (χ0n) is 11.1. The van der Waals surface area contributed by atoms with Crippen LogP contribution in [0.1, 0.15) is 26.7 Å². The van der Waals surface area contributed by atoms with Crippen LogP contribution >= 0.6 is 0 Å². The first-order chi connectivity index (χ1) is 8.37. The molecule has 1 amide bonds. The normalized spacial score (nSPS) is 23.7. The molecule has 1 aliphatic carbocycles. The second kappa shape index (κ2) is 6.00. The Bertz CT molecular complexity index is 349. The van der Waals surface area contributed by atoms with Gasteiger partial charge in [-0.05, 0) is 26.7 Å². The highest BCUT2D eigenvalue weighted by Gasteiger charge is 2.34. The standard InChI is InChI=1S/C13H21NO4/c1-13(2,18-3)8-14-11(15)9-6-4-5-7-10(9)12(16)17/h4-5,9-10H,6-8H2,1-3H3,(H,14,15)(H,16,17)/t9-,10+/m1/s1. The first-order valence-electron chi connectivity index (χ1n) is 6.08. The first-order valence-corrected chi connectivity index (χ1v) is 6.08. The largest absolute Gasteiger partial charge is 0.481 e. The smallest absolute Gasteiger partial charge is 0.307 e.